The smallest absolute Gasteiger partial charge is 0.266 e. The Balaban J connectivity index is 2.29. The van der Waals surface area contributed by atoms with Crippen molar-refractivity contribution < 1.29 is 0 Å². The van der Waals surface area contributed by atoms with Gasteiger partial charge in [-0.15, -0.1) is 11.3 Å². The van der Waals surface area contributed by atoms with Gasteiger partial charge in [0.1, 0.15) is 4.70 Å². The van der Waals surface area contributed by atoms with E-state index in [0.717, 1.165) is 36.8 Å². The molecule has 0 atom stereocenters. The largest absolute Gasteiger partial charge is 0.378 e. The Kier molecular flexibility index (Phi) is 2.56. The molecular formula is C17H14N2OS. The van der Waals surface area contributed by atoms with Crippen molar-refractivity contribution in [2.24, 2.45) is 0 Å². The second kappa shape index (κ2) is 4.33. The zero-order chi connectivity index (χ0) is 14.6. The number of H-pyrrole nitrogens is 1. The molecule has 2 aromatic carbocycles. The van der Waals surface area contributed by atoms with Gasteiger partial charge in [-0.2, -0.15) is 0 Å². The molecule has 0 fully saturated rings. The van der Waals surface area contributed by atoms with Gasteiger partial charge in [0.25, 0.3) is 5.56 Å². The number of hydrogen-bond donors (Lipinski definition) is 1. The Bertz CT molecular complexity index is 1040. The maximum Gasteiger partial charge on any atom is 0.266 e. The first kappa shape index (κ1) is 12.4. The third-order valence-corrected chi connectivity index (χ3v) is 5.01. The zero-order valence-corrected chi connectivity index (χ0v) is 12.6. The van der Waals surface area contributed by atoms with E-state index in [4.69, 9.17) is 0 Å². The van der Waals surface area contributed by atoms with E-state index in [9.17, 15) is 4.79 Å². The number of benzene rings is 2. The fraction of sp³-hybridized carbons (Fsp3) is 0.118. The van der Waals surface area contributed by atoms with E-state index in [-0.39, 0.29) is 5.56 Å². The predicted octanol–water partition coefficient (Wildman–Crippen LogP) is 3.96. The Morgan fingerprint density at radius 3 is 2.67 bits per heavy atom. The summed E-state index contributed by atoms with van der Waals surface area (Å²) >= 11 is 1.56. The van der Waals surface area contributed by atoms with E-state index in [1.807, 2.05) is 38.4 Å². The summed E-state index contributed by atoms with van der Waals surface area (Å²) in [5, 5.41) is 3.33. The normalized spacial score (nSPS) is 11.5. The third kappa shape index (κ3) is 1.76. The molecule has 1 N–H and O–H groups in total. The molecular weight excluding hydrogens is 280 g/mol. The Labute approximate surface area is 125 Å². The van der Waals surface area contributed by atoms with Crippen molar-refractivity contribution in [3.8, 4) is 0 Å². The standard InChI is InChI=1S/C17H14N2OS/c1-19(2)10-7-8-13-12(9-10)15-11-5-3-4-6-14(11)21-16(15)17(20)18-13/h3-9H,1-2H3,(H,18,20). The van der Waals surface area contributed by atoms with Gasteiger partial charge in [0.2, 0.25) is 0 Å². The van der Waals surface area contributed by atoms with Crippen LogP contribution in [0.2, 0.25) is 0 Å². The molecule has 0 aliphatic heterocycles. The van der Waals surface area contributed by atoms with Gasteiger partial charge in [0.05, 0.1) is 0 Å². The van der Waals surface area contributed by atoms with Crippen LogP contribution in [0.15, 0.2) is 47.3 Å². The summed E-state index contributed by atoms with van der Waals surface area (Å²) in [6.45, 7) is 0. The maximum absolute atomic E-state index is 12.3. The van der Waals surface area contributed by atoms with Crippen LogP contribution in [-0.2, 0) is 0 Å². The number of nitrogens with zero attached hydrogens (tertiary/aromatic N) is 1. The van der Waals surface area contributed by atoms with Crippen molar-refractivity contribution >= 4 is 48.1 Å². The average molecular weight is 294 g/mol. The highest BCUT2D eigenvalue weighted by molar-refractivity contribution is 7.25. The molecule has 0 aliphatic rings. The SMILES string of the molecule is CN(C)c1ccc2[nH]c(=O)c3sc4ccccc4c3c2c1. The summed E-state index contributed by atoms with van der Waals surface area (Å²) in [6, 6.07) is 14.4. The quantitative estimate of drug-likeness (QED) is 0.577. The van der Waals surface area contributed by atoms with E-state index < -0.39 is 0 Å². The molecule has 21 heavy (non-hydrogen) atoms. The van der Waals surface area contributed by atoms with Crippen LogP contribution >= 0.6 is 11.3 Å². The molecule has 0 aliphatic carbocycles. The highest BCUT2D eigenvalue weighted by atomic mass is 32.1. The fourth-order valence-corrected chi connectivity index (χ4v) is 3.89. The third-order valence-electron chi connectivity index (χ3n) is 3.84. The molecule has 0 spiro atoms. The molecule has 0 saturated heterocycles. The monoisotopic (exact) mass is 294 g/mol. The highest BCUT2D eigenvalue weighted by Gasteiger charge is 2.12. The van der Waals surface area contributed by atoms with Crippen molar-refractivity contribution in [1.29, 1.82) is 0 Å². The molecule has 104 valence electrons. The Hall–Kier alpha value is -2.33. The first-order valence-corrected chi connectivity index (χ1v) is 7.61. The lowest BCUT2D eigenvalue weighted by molar-refractivity contribution is 1.13. The summed E-state index contributed by atoms with van der Waals surface area (Å²) in [4.78, 5) is 17.4. The number of rotatable bonds is 1. The lowest BCUT2D eigenvalue weighted by Gasteiger charge is -2.13. The van der Waals surface area contributed by atoms with Crippen LogP contribution in [0.25, 0.3) is 31.1 Å². The highest BCUT2D eigenvalue weighted by Crippen LogP contribution is 2.36. The van der Waals surface area contributed by atoms with Gasteiger partial charge in [-0.1, -0.05) is 18.2 Å². The van der Waals surface area contributed by atoms with Gasteiger partial charge < -0.3 is 9.88 Å². The van der Waals surface area contributed by atoms with Gasteiger partial charge in [0, 0.05) is 46.2 Å². The van der Waals surface area contributed by atoms with Crippen molar-refractivity contribution in [1.82, 2.24) is 4.98 Å². The van der Waals surface area contributed by atoms with E-state index in [0.29, 0.717) is 0 Å². The van der Waals surface area contributed by atoms with Crippen molar-refractivity contribution in [2.75, 3.05) is 19.0 Å². The molecule has 2 aromatic heterocycles. The number of aromatic amines is 1. The van der Waals surface area contributed by atoms with Crippen LogP contribution in [0.4, 0.5) is 5.69 Å². The van der Waals surface area contributed by atoms with E-state index in [1.165, 1.54) is 0 Å². The number of hydrogen-bond acceptors (Lipinski definition) is 3. The topological polar surface area (TPSA) is 36.1 Å². The zero-order valence-electron chi connectivity index (χ0n) is 11.8. The minimum atomic E-state index is -0.00342. The number of nitrogens with one attached hydrogen (secondary N) is 1. The van der Waals surface area contributed by atoms with E-state index in [1.54, 1.807) is 11.3 Å². The maximum atomic E-state index is 12.3. The fourth-order valence-electron chi connectivity index (χ4n) is 2.78. The second-order valence-corrected chi connectivity index (χ2v) is 6.43. The van der Waals surface area contributed by atoms with Crippen LogP contribution in [0, 0.1) is 0 Å². The molecule has 4 heteroatoms. The van der Waals surface area contributed by atoms with Gasteiger partial charge in [-0.05, 0) is 24.3 Å². The molecule has 0 radical (unpaired) electrons. The molecule has 2 heterocycles. The summed E-state index contributed by atoms with van der Waals surface area (Å²) in [7, 11) is 4.05. The van der Waals surface area contributed by atoms with Crippen LogP contribution in [0.5, 0.6) is 0 Å². The first-order valence-electron chi connectivity index (χ1n) is 6.80. The van der Waals surface area contributed by atoms with Crippen LogP contribution in [0.1, 0.15) is 0 Å². The Morgan fingerprint density at radius 2 is 1.86 bits per heavy atom. The molecule has 0 bridgehead atoms. The first-order chi connectivity index (χ1) is 10.1. The number of thiophene rings is 1. The minimum absolute atomic E-state index is 0.00342. The minimum Gasteiger partial charge on any atom is -0.378 e. The lowest BCUT2D eigenvalue weighted by atomic mass is 10.1. The number of pyridine rings is 1. The van der Waals surface area contributed by atoms with Crippen LogP contribution in [0.3, 0.4) is 0 Å². The molecule has 0 saturated carbocycles. The van der Waals surface area contributed by atoms with Crippen molar-refractivity contribution in [3.63, 3.8) is 0 Å². The van der Waals surface area contributed by atoms with Crippen LogP contribution < -0.4 is 10.5 Å². The second-order valence-electron chi connectivity index (χ2n) is 5.38. The van der Waals surface area contributed by atoms with Gasteiger partial charge in [-0.25, -0.2) is 0 Å². The molecule has 0 amide bonds. The van der Waals surface area contributed by atoms with E-state index >= 15 is 0 Å². The van der Waals surface area contributed by atoms with E-state index in [2.05, 4.69) is 28.1 Å². The van der Waals surface area contributed by atoms with Crippen LogP contribution in [-0.4, -0.2) is 19.1 Å². The van der Waals surface area contributed by atoms with Gasteiger partial charge in [0.15, 0.2) is 0 Å². The summed E-state index contributed by atoms with van der Waals surface area (Å²) < 4.78 is 1.96. The lowest BCUT2D eigenvalue weighted by Crippen LogP contribution is -2.09. The molecule has 4 aromatic rings. The number of aromatic nitrogens is 1. The van der Waals surface area contributed by atoms with Crippen molar-refractivity contribution in [3.05, 3.63) is 52.8 Å². The summed E-state index contributed by atoms with van der Waals surface area (Å²) in [5.74, 6) is 0. The Morgan fingerprint density at radius 1 is 1.05 bits per heavy atom. The average Bonchev–Trinajstić information content (AvgIpc) is 2.87. The van der Waals surface area contributed by atoms with Gasteiger partial charge >= 0.3 is 0 Å². The summed E-state index contributed by atoms with van der Waals surface area (Å²) in [6.07, 6.45) is 0. The van der Waals surface area contributed by atoms with Gasteiger partial charge in [-0.3, -0.25) is 4.79 Å². The van der Waals surface area contributed by atoms with Crippen molar-refractivity contribution in [2.45, 2.75) is 0 Å². The molecule has 3 nitrogen and oxygen atoms in total. The predicted molar refractivity (Wildman–Crippen MR) is 91.8 cm³/mol. The number of anilines is 1. The summed E-state index contributed by atoms with van der Waals surface area (Å²) in [5.41, 5.74) is 2.02. The number of fused-ring (bicyclic) bond motifs is 5. The molecule has 0 unspecified atom stereocenters. The molecule has 4 rings (SSSR count).